The van der Waals surface area contributed by atoms with Gasteiger partial charge in [0, 0.05) is 51.4 Å². The molecule has 1 amide bonds. The summed E-state index contributed by atoms with van der Waals surface area (Å²) in [5.41, 5.74) is 1.25. The van der Waals surface area contributed by atoms with E-state index >= 15 is 0 Å². The van der Waals surface area contributed by atoms with Gasteiger partial charge in [-0.1, -0.05) is 12.8 Å². The quantitative estimate of drug-likeness (QED) is 0.260. The summed E-state index contributed by atoms with van der Waals surface area (Å²) in [6, 6.07) is 0.298. The van der Waals surface area contributed by atoms with E-state index < -0.39 is 0 Å². The number of amides is 1. The van der Waals surface area contributed by atoms with E-state index in [-0.39, 0.29) is 29.9 Å². The highest BCUT2D eigenvalue weighted by Crippen LogP contribution is 2.27. The highest BCUT2D eigenvalue weighted by atomic mass is 127. The van der Waals surface area contributed by atoms with Gasteiger partial charge in [0.2, 0.25) is 5.91 Å². The van der Waals surface area contributed by atoms with Crippen LogP contribution in [0.25, 0.3) is 0 Å². The van der Waals surface area contributed by atoms with Crippen LogP contribution >= 0.6 is 24.0 Å². The average Bonchev–Trinajstić information content (AvgIpc) is 3.40. The molecule has 1 unspecified atom stereocenters. The van der Waals surface area contributed by atoms with Gasteiger partial charge in [-0.2, -0.15) is 5.10 Å². The van der Waals surface area contributed by atoms with Crippen LogP contribution < -0.4 is 10.6 Å². The van der Waals surface area contributed by atoms with E-state index in [0.717, 1.165) is 64.2 Å². The Morgan fingerprint density at radius 2 is 2.11 bits per heavy atom. The lowest BCUT2D eigenvalue weighted by atomic mass is 10.1. The Morgan fingerprint density at radius 3 is 2.79 bits per heavy atom. The van der Waals surface area contributed by atoms with Crippen molar-refractivity contribution in [3.05, 3.63) is 18.0 Å². The number of aliphatic imine (C=N–C) groups is 1. The van der Waals surface area contributed by atoms with Crippen LogP contribution in [0.3, 0.4) is 0 Å². The number of nitrogens with one attached hydrogen (secondary N) is 2. The first-order valence-electron chi connectivity index (χ1n) is 10.5. The summed E-state index contributed by atoms with van der Waals surface area (Å²) in [7, 11) is 1.94. The first kappa shape index (κ1) is 23.0. The maximum atomic E-state index is 12.6. The second-order valence-electron chi connectivity index (χ2n) is 7.78. The number of carbonyl (C=O) groups excluding carboxylic acids is 1. The van der Waals surface area contributed by atoms with Crippen LogP contribution in [-0.2, 0) is 18.3 Å². The van der Waals surface area contributed by atoms with E-state index in [1.807, 2.05) is 17.9 Å². The second-order valence-corrected chi connectivity index (χ2v) is 7.78. The molecule has 2 fully saturated rings. The van der Waals surface area contributed by atoms with Crippen molar-refractivity contribution in [1.29, 1.82) is 0 Å². The monoisotopic (exact) mass is 502 g/mol. The summed E-state index contributed by atoms with van der Waals surface area (Å²) in [4.78, 5) is 19.4. The van der Waals surface area contributed by atoms with Crippen LogP contribution in [0.4, 0.5) is 0 Å². The molecule has 3 rings (SSSR count). The molecule has 0 bridgehead atoms. The van der Waals surface area contributed by atoms with E-state index in [9.17, 15) is 4.79 Å². The van der Waals surface area contributed by atoms with E-state index in [1.165, 1.54) is 18.4 Å². The fourth-order valence-corrected chi connectivity index (χ4v) is 4.10. The number of halogens is 1. The maximum absolute atomic E-state index is 12.6. The van der Waals surface area contributed by atoms with Gasteiger partial charge in [-0.3, -0.25) is 14.5 Å². The zero-order chi connectivity index (χ0) is 19.1. The molecule has 28 heavy (non-hydrogen) atoms. The van der Waals surface area contributed by atoms with Crippen LogP contribution in [0.1, 0.15) is 51.0 Å². The van der Waals surface area contributed by atoms with E-state index in [0.29, 0.717) is 11.9 Å². The fraction of sp³-hybridized carbons (Fsp3) is 0.750. The summed E-state index contributed by atoms with van der Waals surface area (Å²) in [6.45, 7) is 5.37. The normalized spacial score (nSPS) is 20.3. The molecule has 1 aliphatic heterocycles. The van der Waals surface area contributed by atoms with E-state index in [4.69, 9.17) is 4.99 Å². The molecule has 8 heteroatoms. The summed E-state index contributed by atoms with van der Waals surface area (Å²) in [6.07, 6.45) is 11.5. The molecule has 158 valence electrons. The second kappa shape index (κ2) is 11.6. The summed E-state index contributed by atoms with van der Waals surface area (Å²) >= 11 is 0. The minimum absolute atomic E-state index is 0. The van der Waals surface area contributed by atoms with Crippen molar-refractivity contribution in [2.45, 2.75) is 57.9 Å². The lowest BCUT2D eigenvalue weighted by Crippen LogP contribution is -2.45. The van der Waals surface area contributed by atoms with Gasteiger partial charge in [-0.15, -0.1) is 24.0 Å². The zero-order valence-corrected chi connectivity index (χ0v) is 19.5. The maximum Gasteiger partial charge on any atom is 0.225 e. The van der Waals surface area contributed by atoms with E-state index in [1.54, 1.807) is 0 Å². The van der Waals surface area contributed by atoms with Crippen molar-refractivity contribution >= 4 is 35.8 Å². The van der Waals surface area contributed by atoms with Gasteiger partial charge >= 0.3 is 0 Å². The Bertz CT molecular complexity index is 640. The van der Waals surface area contributed by atoms with Crippen LogP contribution in [0.5, 0.6) is 0 Å². The number of rotatable bonds is 7. The highest BCUT2D eigenvalue weighted by molar-refractivity contribution is 14.0. The van der Waals surface area contributed by atoms with Crippen molar-refractivity contribution in [1.82, 2.24) is 25.3 Å². The van der Waals surface area contributed by atoms with Crippen molar-refractivity contribution < 1.29 is 4.79 Å². The molecule has 2 N–H and O–H groups in total. The highest BCUT2D eigenvalue weighted by Gasteiger charge is 2.32. The van der Waals surface area contributed by atoms with Gasteiger partial charge in [-0.05, 0) is 44.6 Å². The van der Waals surface area contributed by atoms with Crippen LogP contribution in [0.15, 0.2) is 17.4 Å². The molecule has 0 spiro atoms. The smallest absolute Gasteiger partial charge is 0.225 e. The first-order valence-corrected chi connectivity index (χ1v) is 10.5. The van der Waals surface area contributed by atoms with Gasteiger partial charge in [0.15, 0.2) is 5.96 Å². The number of carbonyl (C=O) groups is 1. The number of guanidine groups is 1. The Hall–Kier alpha value is -1.32. The molecule has 2 heterocycles. The lowest BCUT2D eigenvalue weighted by Gasteiger charge is -2.21. The van der Waals surface area contributed by atoms with Crippen LogP contribution in [-0.4, -0.2) is 58.8 Å². The average molecular weight is 502 g/mol. The minimum Gasteiger partial charge on any atom is -0.357 e. The number of aromatic nitrogens is 2. The summed E-state index contributed by atoms with van der Waals surface area (Å²) in [5.74, 6) is 1.51. The van der Waals surface area contributed by atoms with Gasteiger partial charge in [0.05, 0.1) is 6.20 Å². The molecule has 1 saturated heterocycles. The van der Waals surface area contributed by atoms with Crippen molar-refractivity contribution in [3.8, 4) is 0 Å². The van der Waals surface area contributed by atoms with Gasteiger partial charge in [-0.25, -0.2) is 0 Å². The first-order chi connectivity index (χ1) is 13.2. The standard InChI is InChI=1S/C20H34N6O.HI/c1-3-21-20(22-11-6-7-16-13-23-25(2)14-16)24-18-10-12-26(15-18)19(27)17-8-4-5-9-17;/h13-14,17-18H,3-12,15H2,1-2H3,(H2,21,22,24);1H. The molecular weight excluding hydrogens is 467 g/mol. The molecule has 2 aliphatic rings. The Kier molecular flexibility index (Phi) is 9.53. The molecule has 1 atom stereocenters. The number of nitrogens with zero attached hydrogens (tertiary/aromatic N) is 4. The minimum atomic E-state index is 0. The molecular formula is C20H35IN6O. The van der Waals surface area contributed by atoms with Gasteiger partial charge in [0.1, 0.15) is 0 Å². The zero-order valence-electron chi connectivity index (χ0n) is 17.2. The van der Waals surface area contributed by atoms with E-state index in [2.05, 4.69) is 33.8 Å². The Labute approximate surface area is 185 Å². The Morgan fingerprint density at radius 1 is 1.32 bits per heavy atom. The molecule has 0 aromatic carbocycles. The predicted molar refractivity (Wildman–Crippen MR) is 123 cm³/mol. The van der Waals surface area contributed by atoms with Crippen LogP contribution in [0.2, 0.25) is 0 Å². The predicted octanol–water partition coefficient (Wildman–Crippen LogP) is 2.32. The molecule has 1 aromatic rings. The molecule has 1 saturated carbocycles. The third-order valence-electron chi connectivity index (χ3n) is 5.54. The topological polar surface area (TPSA) is 74.6 Å². The summed E-state index contributed by atoms with van der Waals surface area (Å²) < 4.78 is 1.84. The molecule has 7 nitrogen and oxygen atoms in total. The third-order valence-corrected chi connectivity index (χ3v) is 5.54. The molecule has 1 aromatic heterocycles. The fourth-order valence-electron chi connectivity index (χ4n) is 4.10. The Balaban J connectivity index is 0.00000280. The van der Waals surface area contributed by atoms with Crippen LogP contribution in [0, 0.1) is 5.92 Å². The number of hydrogen-bond acceptors (Lipinski definition) is 3. The van der Waals surface area contributed by atoms with Gasteiger partial charge < -0.3 is 15.5 Å². The number of aryl methyl sites for hydroxylation is 2. The largest absolute Gasteiger partial charge is 0.357 e. The van der Waals surface area contributed by atoms with Gasteiger partial charge in [0.25, 0.3) is 0 Å². The van der Waals surface area contributed by atoms with Crippen molar-refractivity contribution in [2.24, 2.45) is 18.0 Å². The number of likely N-dealkylation sites (tertiary alicyclic amines) is 1. The molecule has 0 radical (unpaired) electrons. The van der Waals surface area contributed by atoms with Crippen molar-refractivity contribution in [2.75, 3.05) is 26.2 Å². The lowest BCUT2D eigenvalue weighted by molar-refractivity contribution is -0.134. The number of hydrogen-bond donors (Lipinski definition) is 2. The molecule has 1 aliphatic carbocycles. The summed E-state index contributed by atoms with van der Waals surface area (Å²) in [5, 5.41) is 11.1. The third kappa shape index (κ3) is 6.63. The SMILES string of the molecule is CCNC(=NCCCc1cnn(C)c1)NC1CCN(C(=O)C2CCCC2)C1.I. The van der Waals surface area contributed by atoms with Crippen molar-refractivity contribution in [3.63, 3.8) is 0 Å².